The Morgan fingerprint density at radius 3 is 2.44 bits per heavy atom. The Hall–Kier alpha value is -1.76. The number of hydrogen-bond acceptors (Lipinski definition) is 5. The Labute approximate surface area is 169 Å². The van der Waals surface area contributed by atoms with Crippen LogP contribution in [0.3, 0.4) is 0 Å². The van der Waals surface area contributed by atoms with Crippen LogP contribution in [-0.2, 0) is 9.47 Å². The largest absolute Gasteiger partial charge is 0.465 e. The van der Waals surface area contributed by atoms with Crippen LogP contribution in [0.4, 0.5) is 10.5 Å². The molecule has 1 aliphatic rings. The molecule has 1 aromatic carbocycles. The lowest BCUT2D eigenvalue weighted by Crippen LogP contribution is -2.41. The van der Waals surface area contributed by atoms with E-state index in [-0.39, 0.29) is 12.1 Å². The second-order valence-corrected chi connectivity index (χ2v) is 8.86. The number of amides is 1. The van der Waals surface area contributed by atoms with Crippen LogP contribution in [0.2, 0.25) is 0 Å². The Bertz CT molecular complexity index is 679. The summed E-state index contributed by atoms with van der Waals surface area (Å²) in [4.78, 5) is 28.1. The number of piperidine rings is 1. The van der Waals surface area contributed by atoms with Gasteiger partial charge in [-0.05, 0) is 57.7 Å². The van der Waals surface area contributed by atoms with Crippen LogP contribution in [0.5, 0.6) is 0 Å². The van der Waals surface area contributed by atoms with Crippen molar-refractivity contribution in [2.24, 2.45) is 5.92 Å². The topological polar surface area (TPSA) is 59.1 Å². The number of ether oxygens (including phenoxy) is 2. The summed E-state index contributed by atoms with van der Waals surface area (Å²) in [6, 6.07) is 5.59. The molecule has 0 unspecified atom stereocenters. The molecule has 7 heteroatoms. The standard InChI is InChI=1S/C20H29BrN2O4/c1-20(2,3)27-19(25)22(4)13-14-8-10-23(11-9-14)17-12-15(21)6-7-16(17)18(24)26-5/h6-7,12,14H,8-11,13H2,1-5H3. The Balaban J connectivity index is 1.97. The first-order chi connectivity index (χ1) is 12.6. The summed E-state index contributed by atoms with van der Waals surface area (Å²) in [6.45, 7) is 7.93. The summed E-state index contributed by atoms with van der Waals surface area (Å²) >= 11 is 3.48. The Kier molecular flexibility index (Phi) is 7.14. The summed E-state index contributed by atoms with van der Waals surface area (Å²) < 4.78 is 11.3. The summed E-state index contributed by atoms with van der Waals surface area (Å²) in [7, 11) is 3.18. The molecule has 1 aliphatic heterocycles. The molecule has 27 heavy (non-hydrogen) atoms. The van der Waals surface area contributed by atoms with Crippen molar-refractivity contribution in [2.45, 2.75) is 39.2 Å². The van der Waals surface area contributed by atoms with E-state index in [0.717, 1.165) is 36.1 Å². The summed E-state index contributed by atoms with van der Waals surface area (Å²) in [5, 5.41) is 0. The van der Waals surface area contributed by atoms with Gasteiger partial charge < -0.3 is 19.3 Å². The molecule has 0 radical (unpaired) electrons. The van der Waals surface area contributed by atoms with Gasteiger partial charge in [-0.3, -0.25) is 0 Å². The quantitative estimate of drug-likeness (QED) is 0.652. The van der Waals surface area contributed by atoms with Crippen LogP contribution >= 0.6 is 15.9 Å². The molecule has 0 aliphatic carbocycles. The van der Waals surface area contributed by atoms with E-state index in [9.17, 15) is 9.59 Å². The zero-order valence-corrected chi connectivity index (χ0v) is 18.3. The molecule has 0 N–H and O–H groups in total. The lowest BCUT2D eigenvalue weighted by Gasteiger charge is -2.36. The first kappa shape index (κ1) is 21.5. The molecule has 6 nitrogen and oxygen atoms in total. The van der Waals surface area contributed by atoms with E-state index in [4.69, 9.17) is 9.47 Å². The van der Waals surface area contributed by atoms with Gasteiger partial charge in [0, 0.05) is 31.2 Å². The van der Waals surface area contributed by atoms with E-state index in [1.807, 2.05) is 32.9 Å². The molecule has 1 fully saturated rings. The van der Waals surface area contributed by atoms with Gasteiger partial charge in [0.15, 0.2) is 0 Å². The fourth-order valence-corrected chi connectivity index (χ4v) is 3.56. The van der Waals surface area contributed by atoms with Gasteiger partial charge in [-0.25, -0.2) is 9.59 Å². The van der Waals surface area contributed by atoms with Crippen LogP contribution in [0.1, 0.15) is 44.0 Å². The minimum absolute atomic E-state index is 0.287. The monoisotopic (exact) mass is 440 g/mol. The minimum atomic E-state index is -0.486. The van der Waals surface area contributed by atoms with Gasteiger partial charge in [0.05, 0.1) is 18.4 Å². The maximum atomic E-state index is 12.1. The van der Waals surface area contributed by atoms with Crippen molar-refractivity contribution in [3.8, 4) is 0 Å². The molecule has 0 aromatic heterocycles. The van der Waals surface area contributed by atoms with Crippen molar-refractivity contribution >= 4 is 33.7 Å². The average molecular weight is 441 g/mol. The third-order valence-corrected chi connectivity index (χ3v) is 5.05. The number of hydrogen-bond donors (Lipinski definition) is 0. The highest BCUT2D eigenvalue weighted by molar-refractivity contribution is 9.10. The van der Waals surface area contributed by atoms with Gasteiger partial charge in [0.1, 0.15) is 5.60 Å². The number of anilines is 1. The van der Waals surface area contributed by atoms with Crippen molar-refractivity contribution in [1.82, 2.24) is 4.90 Å². The number of halogens is 1. The van der Waals surface area contributed by atoms with Crippen molar-refractivity contribution in [3.05, 3.63) is 28.2 Å². The van der Waals surface area contributed by atoms with Crippen LogP contribution in [0.15, 0.2) is 22.7 Å². The number of methoxy groups -OCH3 is 1. The van der Waals surface area contributed by atoms with Crippen molar-refractivity contribution in [3.63, 3.8) is 0 Å². The molecule has 1 aromatic rings. The maximum absolute atomic E-state index is 12.1. The van der Waals surface area contributed by atoms with Crippen molar-refractivity contribution in [2.75, 3.05) is 38.7 Å². The average Bonchev–Trinajstić information content (AvgIpc) is 2.60. The maximum Gasteiger partial charge on any atom is 0.410 e. The summed E-state index contributed by atoms with van der Waals surface area (Å²) in [6.07, 6.45) is 1.60. The number of carbonyl (C=O) groups excluding carboxylic acids is 2. The molecule has 1 saturated heterocycles. The van der Waals surface area contributed by atoms with Crippen LogP contribution in [0.25, 0.3) is 0 Å². The lowest BCUT2D eigenvalue weighted by molar-refractivity contribution is 0.0266. The van der Waals surface area contributed by atoms with E-state index in [2.05, 4.69) is 20.8 Å². The molecule has 0 atom stereocenters. The first-order valence-corrected chi connectivity index (χ1v) is 9.97. The minimum Gasteiger partial charge on any atom is -0.465 e. The van der Waals surface area contributed by atoms with Crippen molar-refractivity contribution in [1.29, 1.82) is 0 Å². The highest BCUT2D eigenvalue weighted by Gasteiger charge is 2.26. The van der Waals surface area contributed by atoms with Gasteiger partial charge in [0.2, 0.25) is 0 Å². The summed E-state index contributed by atoms with van der Waals surface area (Å²) in [5.41, 5.74) is 0.972. The highest BCUT2D eigenvalue weighted by atomic mass is 79.9. The van der Waals surface area contributed by atoms with E-state index in [0.29, 0.717) is 18.0 Å². The third-order valence-electron chi connectivity index (χ3n) is 4.56. The number of carbonyl (C=O) groups is 2. The van der Waals surface area contributed by atoms with E-state index in [1.54, 1.807) is 18.0 Å². The molecule has 150 valence electrons. The molecule has 0 saturated carbocycles. The van der Waals surface area contributed by atoms with Crippen LogP contribution < -0.4 is 4.90 Å². The predicted octanol–water partition coefficient (Wildman–Crippen LogP) is 4.32. The Morgan fingerprint density at radius 2 is 1.89 bits per heavy atom. The number of esters is 1. The number of nitrogens with zero attached hydrogens (tertiary/aromatic N) is 2. The third kappa shape index (κ3) is 6.13. The molecular formula is C20H29BrN2O4. The molecule has 2 rings (SSSR count). The highest BCUT2D eigenvalue weighted by Crippen LogP contribution is 2.30. The van der Waals surface area contributed by atoms with Gasteiger partial charge in [-0.1, -0.05) is 15.9 Å². The summed E-state index contributed by atoms with van der Waals surface area (Å²) in [5.74, 6) is 0.0804. The SMILES string of the molecule is COC(=O)c1ccc(Br)cc1N1CCC(CN(C)C(=O)OC(C)(C)C)CC1. The lowest BCUT2D eigenvalue weighted by atomic mass is 9.95. The molecule has 1 heterocycles. The fourth-order valence-electron chi connectivity index (χ4n) is 3.21. The van der Waals surface area contributed by atoms with Gasteiger partial charge in [-0.2, -0.15) is 0 Å². The van der Waals surface area contributed by atoms with Crippen molar-refractivity contribution < 1.29 is 19.1 Å². The zero-order valence-electron chi connectivity index (χ0n) is 16.8. The molecule has 0 spiro atoms. The smallest absolute Gasteiger partial charge is 0.410 e. The van der Waals surface area contributed by atoms with E-state index >= 15 is 0 Å². The number of rotatable bonds is 4. The molecule has 0 bridgehead atoms. The zero-order chi connectivity index (χ0) is 20.2. The normalized spacial score (nSPS) is 15.4. The second-order valence-electron chi connectivity index (χ2n) is 7.94. The van der Waals surface area contributed by atoms with Gasteiger partial charge in [-0.15, -0.1) is 0 Å². The Morgan fingerprint density at radius 1 is 1.26 bits per heavy atom. The fraction of sp³-hybridized carbons (Fsp3) is 0.600. The van der Waals surface area contributed by atoms with E-state index in [1.165, 1.54) is 7.11 Å². The van der Waals surface area contributed by atoms with Crippen LogP contribution in [0, 0.1) is 5.92 Å². The first-order valence-electron chi connectivity index (χ1n) is 9.17. The number of benzene rings is 1. The molecule has 1 amide bonds. The van der Waals surface area contributed by atoms with Gasteiger partial charge in [0.25, 0.3) is 0 Å². The van der Waals surface area contributed by atoms with Crippen LogP contribution in [-0.4, -0.2) is 56.4 Å². The predicted molar refractivity (Wildman–Crippen MR) is 109 cm³/mol. The second kappa shape index (κ2) is 8.95. The van der Waals surface area contributed by atoms with E-state index < -0.39 is 5.60 Å². The molecular weight excluding hydrogens is 412 g/mol. The van der Waals surface area contributed by atoms with Gasteiger partial charge >= 0.3 is 12.1 Å².